The quantitative estimate of drug-likeness (QED) is 0.701. The second-order valence-electron chi connectivity index (χ2n) is 6.79. The number of nitrogens with zero attached hydrogens (tertiary/aromatic N) is 2. The molecule has 0 amide bonds. The van der Waals surface area contributed by atoms with E-state index >= 15 is 0 Å². The van der Waals surface area contributed by atoms with Crippen LogP contribution in [0.3, 0.4) is 0 Å². The van der Waals surface area contributed by atoms with Crippen LogP contribution in [0.1, 0.15) is 12.8 Å². The van der Waals surface area contributed by atoms with Gasteiger partial charge in [-0.15, -0.1) is 0 Å². The van der Waals surface area contributed by atoms with Crippen LogP contribution in [0.25, 0.3) is 0 Å². The number of hydrogen-bond acceptors (Lipinski definition) is 6. The monoisotopic (exact) mass is 374 g/mol. The lowest BCUT2D eigenvalue weighted by Gasteiger charge is -2.48. The second kappa shape index (κ2) is 7.07. The van der Waals surface area contributed by atoms with E-state index in [2.05, 4.69) is 12.1 Å². The van der Waals surface area contributed by atoms with E-state index in [4.69, 9.17) is 27.0 Å². The van der Waals surface area contributed by atoms with Gasteiger partial charge in [0, 0.05) is 24.9 Å². The molecule has 124 valence electrons. The molecule has 0 aromatic carbocycles. The largest absolute Gasteiger partial charge is 0.416 e. The summed E-state index contributed by atoms with van der Waals surface area (Å²) in [6.07, 6.45) is 0.799. The van der Waals surface area contributed by atoms with Crippen LogP contribution in [0.15, 0.2) is 0 Å². The SMILES string of the molecule is C[Si]1(C)O[Si](C)(C)O[Si](C)(CCC#N)O[Si](C)(CCC#N)O1. The third kappa shape index (κ3) is 6.06. The first-order chi connectivity index (χ1) is 9.95. The van der Waals surface area contributed by atoms with Crippen LogP contribution in [-0.4, -0.2) is 34.2 Å². The lowest BCUT2D eigenvalue weighted by atomic mass is 10.6. The molecule has 0 aromatic rings. The molecule has 0 N–H and O–H groups in total. The molecule has 1 rings (SSSR count). The zero-order valence-corrected chi connectivity index (χ0v) is 18.4. The molecule has 6 nitrogen and oxygen atoms in total. The highest BCUT2D eigenvalue weighted by Crippen LogP contribution is 2.34. The third-order valence-electron chi connectivity index (χ3n) is 3.23. The lowest BCUT2D eigenvalue weighted by Crippen LogP contribution is -2.65. The van der Waals surface area contributed by atoms with Crippen LogP contribution in [0.5, 0.6) is 0 Å². The minimum absolute atomic E-state index is 0.400. The van der Waals surface area contributed by atoms with Gasteiger partial charge >= 0.3 is 34.2 Å². The van der Waals surface area contributed by atoms with Crippen LogP contribution in [-0.2, 0) is 16.5 Å². The predicted octanol–water partition coefficient (Wildman–Crippen LogP) is 3.44. The van der Waals surface area contributed by atoms with Gasteiger partial charge in [-0.25, -0.2) is 0 Å². The zero-order chi connectivity index (χ0) is 17.1. The maximum Gasteiger partial charge on any atom is 0.318 e. The summed E-state index contributed by atoms with van der Waals surface area (Å²) in [6.45, 7) is 12.0. The molecule has 22 heavy (non-hydrogen) atoms. The van der Waals surface area contributed by atoms with E-state index in [0.717, 1.165) is 0 Å². The van der Waals surface area contributed by atoms with E-state index in [-0.39, 0.29) is 0 Å². The van der Waals surface area contributed by atoms with Gasteiger partial charge in [-0.3, -0.25) is 0 Å². The van der Waals surface area contributed by atoms with Crippen molar-refractivity contribution in [2.75, 3.05) is 0 Å². The minimum atomic E-state index is -2.56. The molecule has 0 saturated carbocycles. The summed E-state index contributed by atoms with van der Waals surface area (Å²) in [5.41, 5.74) is 0. The average molecular weight is 375 g/mol. The van der Waals surface area contributed by atoms with Crippen molar-refractivity contribution in [2.45, 2.75) is 64.2 Å². The van der Waals surface area contributed by atoms with Crippen molar-refractivity contribution in [3.63, 3.8) is 0 Å². The minimum Gasteiger partial charge on any atom is -0.416 e. The van der Waals surface area contributed by atoms with Gasteiger partial charge < -0.3 is 16.5 Å². The molecule has 1 aliphatic rings. The number of nitriles is 2. The van der Waals surface area contributed by atoms with Crippen LogP contribution in [0.2, 0.25) is 51.4 Å². The highest BCUT2D eigenvalue weighted by molar-refractivity contribution is 6.93. The topological polar surface area (TPSA) is 84.5 Å². The van der Waals surface area contributed by atoms with Crippen LogP contribution in [0.4, 0.5) is 0 Å². The molecule has 2 atom stereocenters. The number of hydrogen-bond donors (Lipinski definition) is 0. The molecule has 10 heteroatoms. The normalized spacial score (nSPS) is 34.0. The van der Waals surface area contributed by atoms with E-state index in [0.29, 0.717) is 24.9 Å². The van der Waals surface area contributed by atoms with E-state index < -0.39 is 34.2 Å². The first-order valence-electron chi connectivity index (χ1n) is 7.49. The molecule has 0 spiro atoms. The van der Waals surface area contributed by atoms with Gasteiger partial charge in [0.2, 0.25) is 0 Å². The molecule has 0 bridgehead atoms. The average Bonchev–Trinajstić information content (AvgIpc) is 2.29. The Kier molecular flexibility index (Phi) is 6.34. The smallest absolute Gasteiger partial charge is 0.318 e. The van der Waals surface area contributed by atoms with E-state index in [1.807, 2.05) is 39.3 Å². The Bertz CT molecular complexity index is 448. The van der Waals surface area contributed by atoms with Crippen molar-refractivity contribution >= 4 is 34.2 Å². The summed E-state index contributed by atoms with van der Waals surface area (Å²) in [5.74, 6) is 0. The Balaban J connectivity index is 3.11. The van der Waals surface area contributed by atoms with Gasteiger partial charge in [-0.2, -0.15) is 10.5 Å². The Morgan fingerprint density at radius 3 is 1.32 bits per heavy atom. The number of rotatable bonds is 4. The fraction of sp³-hybridized carbons (Fsp3) is 0.833. The highest BCUT2D eigenvalue weighted by Gasteiger charge is 2.53. The van der Waals surface area contributed by atoms with Crippen molar-refractivity contribution in [2.24, 2.45) is 0 Å². The van der Waals surface area contributed by atoms with Crippen molar-refractivity contribution in [1.29, 1.82) is 10.5 Å². The summed E-state index contributed by atoms with van der Waals surface area (Å²) in [7, 11) is -9.85. The molecule has 0 aromatic heterocycles. The van der Waals surface area contributed by atoms with Gasteiger partial charge in [-0.05, 0) is 39.3 Å². The zero-order valence-electron chi connectivity index (χ0n) is 14.4. The highest BCUT2D eigenvalue weighted by atomic mass is 28.5. The first-order valence-corrected chi connectivity index (χ1v) is 18.2. The molecule has 1 heterocycles. The van der Waals surface area contributed by atoms with Crippen molar-refractivity contribution in [3.05, 3.63) is 0 Å². The van der Waals surface area contributed by atoms with Crippen molar-refractivity contribution in [1.82, 2.24) is 0 Å². The second-order valence-corrected chi connectivity index (χ2v) is 21.2. The van der Waals surface area contributed by atoms with Crippen LogP contribution < -0.4 is 0 Å². The van der Waals surface area contributed by atoms with Crippen molar-refractivity contribution in [3.8, 4) is 12.1 Å². The molecule has 2 unspecified atom stereocenters. The van der Waals surface area contributed by atoms with E-state index in [1.54, 1.807) is 0 Å². The molecule has 1 aliphatic heterocycles. The fourth-order valence-electron chi connectivity index (χ4n) is 2.94. The van der Waals surface area contributed by atoms with Gasteiger partial charge in [0.25, 0.3) is 0 Å². The van der Waals surface area contributed by atoms with Gasteiger partial charge in [0.1, 0.15) is 0 Å². The molecule has 0 radical (unpaired) electrons. The van der Waals surface area contributed by atoms with Gasteiger partial charge in [-0.1, -0.05) is 0 Å². The Labute approximate surface area is 137 Å². The van der Waals surface area contributed by atoms with Crippen molar-refractivity contribution < 1.29 is 16.5 Å². The Morgan fingerprint density at radius 1 is 0.636 bits per heavy atom. The van der Waals surface area contributed by atoms with Gasteiger partial charge in [0.15, 0.2) is 0 Å². The van der Waals surface area contributed by atoms with E-state index in [1.165, 1.54) is 0 Å². The standard InChI is InChI=1S/C12H26N2O4Si4/c1-19(2)15-20(3,4)17-22(6,12-8-10-14)18-21(5,16-19)11-7-9-13/h7-8,11-12H2,1-6H3. The molecular weight excluding hydrogens is 348 g/mol. The Morgan fingerprint density at radius 2 is 1.00 bits per heavy atom. The summed E-state index contributed by atoms with van der Waals surface area (Å²) < 4.78 is 25.5. The molecule has 1 fully saturated rings. The van der Waals surface area contributed by atoms with Gasteiger partial charge in [0.05, 0.1) is 12.1 Å². The molecule has 1 saturated heterocycles. The van der Waals surface area contributed by atoms with Crippen LogP contribution >= 0.6 is 0 Å². The van der Waals surface area contributed by atoms with E-state index in [9.17, 15) is 0 Å². The maximum absolute atomic E-state index is 8.91. The fourth-order valence-corrected chi connectivity index (χ4v) is 24.6. The summed E-state index contributed by atoms with van der Waals surface area (Å²) >= 11 is 0. The first kappa shape index (κ1) is 19.7. The summed E-state index contributed by atoms with van der Waals surface area (Å²) in [6, 6.07) is 5.54. The lowest BCUT2D eigenvalue weighted by molar-refractivity contribution is 0.230. The molecular formula is C12H26N2O4Si4. The third-order valence-corrected chi connectivity index (χ3v) is 20.3. The maximum atomic E-state index is 8.91. The summed E-state index contributed by atoms with van der Waals surface area (Å²) in [4.78, 5) is 0. The Hall–Kier alpha value is -0.312. The van der Waals surface area contributed by atoms with Crippen LogP contribution in [0, 0.1) is 22.7 Å². The predicted molar refractivity (Wildman–Crippen MR) is 92.6 cm³/mol. The summed E-state index contributed by atoms with van der Waals surface area (Å²) in [5, 5.41) is 17.8. The molecule has 0 aliphatic carbocycles.